The predicted molar refractivity (Wildman–Crippen MR) is 78.2 cm³/mol. The molecule has 0 aromatic carbocycles. The molecule has 3 fully saturated rings. The fourth-order valence-corrected chi connectivity index (χ4v) is 4.49. The highest BCUT2D eigenvalue weighted by molar-refractivity contribution is 5.76. The van der Waals surface area contributed by atoms with Crippen molar-refractivity contribution in [3.05, 3.63) is 0 Å². The van der Waals surface area contributed by atoms with E-state index in [4.69, 9.17) is 10.5 Å². The summed E-state index contributed by atoms with van der Waals surface area (Å²) in [5, 5.41) is 0. The van der Waals surface area contributed by atoms with Crippen molar-refractivity contribution in [1.29, 1.82) is 0 Å². The van der Waals surface area contributed by atoms with Crippen LogP contribution >= 0.6 is 0 Å². The molecule has 20 heavy (non-hydrogen) atoms. The largest absolute Gasteiger partial charge is 0.377 e. The molecule has 0 spiro atoms. The van der Waals surface area contributed by atoms with Gasteiger partial charge in [-0.3, -0.25) is 4.79 Å². The van der Waals surface area contributed by atoms with Gasteiger partial charge >= 0.3 is 0 Å². The number of hydrogen-bond donors (Lipinski definition) is 1. The maximum absolute atomic E-state index is 12.4. The van der Waals surface area contributed by atoms with E-state index in [2.05, 4.69) is 4.90 Å². The molecule has 2 bridgehead atoms. The van der Waals surface area contributed by atoms with E-state index in [0.717, 1.165) is 44.2 Å². The molecule has 1 amide bonds. The number of amides is 1. The normalized spacial score (nSPS) is 33.9. The maximum atomic E-state index is 12.4. The molecule has 4 nitrogen and oxygen atoms in total. The second kappa shape index (κ2) is 6.44. The van der Waals surface area contributed by atoms with Crippen molar-refractivity contribution in [2.45, 2.75) is 51.0 Å². The first-order chi connectivity index (χ1) is 9.76. The third-order valence-electron chi connectivity index (χ3n) is 5.59. The predicted octanol–water partition coefficient (Wildman–Crippen LogP) is 1.78. The Morgan fingerprint density at radius 1 is 1.15 bits per heavy atom. The van der Waals surface area contributed by atoms with Crippen LogP contribution in [0.15, 0.2) is 0 Å². The molecule has 0 aromatic heterocycles. The number of ether oxygens (including phenoxy) is 1. The number of fused-ring (bicyclic) bond motifs is 2. The molecule has 1 aliphatic heterocycles. The molecule has 1 heterocycles. The second-order valence-electron chi connectivity index (χ2n) is 6.88. The molecule has 3 atom stereocenters. The lowest BCUT2D eigenvalue weighted by molar-refractivity contribution is -0.135. The van der Waals surface area contributed by atoms with Crippen LogP contribution in [0, 0.1) is 17.8 Å². The van der Waals surface area contributed by atoms with Crippen molar-refractivity contribution in [2.75, 3.05) is 26.2 Å². The Labute approximate surface area is 122 Å². The highest BCUT2D eigenvalue weighted by atomic mass is 16.5. The van der Waals surface area contributed by atoms with E-state index in [0.29, 0.717) is 31.1 Å². The second-order valence-corrected chi connectivity index (χ2v) is 6.88. The van der Waals surface area contributed by atoms with Gasteiger partial charge in [-0.25, -0.2) is 0 Å². The monoisotopic (exact) mass is 280 g/mol. The summed E-state index contributed by atoms with van der Waals surface area (Å²) < 4.78 is 5.67. The zero-order valence-electron chi connectivity index (χ0n) is 12.4. The number of carbonyl (C=O) groups is 1. The lowest BCUT2D eigenvalue weighted by Crippen LogP contribution is -2.42. The van der Waals surface area contributed by atoms with Gasteiger partial charge in [0.2, 0.25) is 5.91 Å². The maximum Gasteiger partial charge on any atom is 0.222 e. The number of likely N-dealkylation sites (tertiary alicyclic amines) is 1. The quantitative estimate of drug-likeness (QED) is 0.835. The van der Waals surface area contributed by atoms with E-state index in [-0.39, 0.29) is 0 Å². The molecular weight excluding hydrogens is 252 g/mol. The summed E-state index contributed by atoms with van der Waals surface area (Å²) in [6.45, 7) is 2.97. The highest BCUT2D eigenvalue weighted by Crippen LogP contribution is 2.49. The summed E-state index contributed by atoms with van der Waals surface area (Å²) in [5.74, 6) is 2.87. The van der Waals surface area contributed by atoms with Crippen LogP contribution in [0.1, 0.15) is 44.9 Å². The minimum Gasteiger partial charge on any atom is -0.377 e. The van der Waals surface area contributed by atoms with Crippen molar-refractivity contribution >= 4 is 5.91 Å². The molecule has 3 aliphatic rings. The standard InChI is InChI=1S/C16H28N2O2/c17-5-8-20-15-3-6-18(7-4-15)16(19)11-14-10-12-1-2-13(14)9-12/h12-15H,1-11,17H2. The third kappa shape index (κ3) is 3.17. The van der Waals surface area contributed by atoms with Crippen LogP contribution in [0.3, 0.4) is 0 Å². The van der Waals surface area contributed by atoms with Crippen LogP contribution < -0.4 is 5.73 Å². The molecule has 114 valence electrons. The first kappa shape index (κ1) is 14.3. The zero-order valence-corrected chi connectivity index (χ0v) is 12.4. The van der Waals surface area contributed by atoms with E-state index in [9.17, 15) is 4.79 Å². The van der Waals surface area contributed by atoms with Crippen molar-refractivity contribution < 1.29 is 9.53 Å². The van der Waals surface area contributed by atoms with E-state index >= 15 is 0 Å². The van der Waals surface area contributed by atoms with Gasteiger partial charge in [-0.1, -0.05) is 6.42 Å². The molecular formula is C16H28N2O2. The van der Waals surface area contributed by atoms with Gasteiger partial charge in [0.1, 0.15) is 0 Å². The fourth-order valence-electron chi connectivity index (χ4n) is 4.49. The van der Waals surface area contributed by atoms with E-state index in [1.165, 1.54) is 25.7 Å². The zero-order chi connectivity index (χ0) is 13.9. The van der Waals surface area contributed by atoms with Gasteiger partial charge in [0.15, 0.2) is 0 Å². The Hall–Kier alpha value is -0.610. The molecule has 1 saturated heterocycles. The molecule has 0 radical (unpaired) electrons. The lowest BCUT2D eigenvalue weighted by Gasteiger charge is -2.33. The number of rotatable bonds is 5. The van der Waals surface area contributed by atoms with Gasteiger partial charge in [-0.15, -0.1) is 0 Å². The summed E-state index contributed by atoms with van der Waals surface area (Å²) in [6, 6.07) is 0. The number of piperidine rings is 1. The Bertz CT molecular complexity index is 339. The molecule has 0 aromatic rings. The minimum absolute atomic E-state index is 0.310. The highest BCUT2D eigenvalue weighted by Gasteiger charge is 2.40. The summed E-state index contributed by atoms with van der Waals surface area (Å²) in [4.78, 5) is 14.5. The van der Waals surface area contributed by atoms with E-state index < -0.39 is 0 Å². The van der Waals surface area contributed by atoms with Crippen LogP contribution in [0.2, 0.25) is 0 Å². The van der Waals surface area contributed by atoms with Crippen LogP contribution in [-0.4, -0.2) is 43.2 Å². The van der Waals surface area contributed by atoms with Crippen LogP contribution in [0.5, 0.6) is 0 Å². The average Bonchev–Trinajstić information content (AvgIpc) is 3.08. The molecule has 2 aliphatic carbocycles. The summed E-state index contributed by atoms with van der Waals surface area (Å²) in [6.07, 6.45) is 8.56. The first-order valence-corrected chi connectivity index (χ1v) is 8.35. The van der Waals surface area contributed by atoms with Gasteiger partial charge in [0.25, 0.3) is 0 Å². The minimum atomic E-state index is 0.310. The van der Waals surface area contributed by atoms with Gasteiger partial charge in [0.05, 0.1) is 12.7 Å². The Morgan fingerprint density at radius 3 is 2.55 bits per heavy atom. The van der Waals surface area contributed by atoms with Gasteiger partial charge in [-0.05, 0) is 49.9 Å². The molecule has 2 saturated carbocycles. The number of carbonyl (C=O) groups excluding carboxylic acids is 1. The summed E-state index contributed by atoms with van der Waals surface area (Å²) >= 11 is 0. The molecule has 3 rings (SSSR count). The summed E-state index contributed by atoms with van der Waals surface area (Å²) in [5.41, 5.74) is 5.45. The van der Waals surface area contributed by atoms with E-state index in [1.807, 2.05) is 0 Å². The molecule has 4 heteroatoms. The Kier molecular flexibility index (Phi) is 4.61. The smallest absolute Gasteiger partial charge is 0.222 e. The first-order valence-electron chi connectivity index (χ1n) is 8.35. The van der Waals surface area contributed by atoms with Gasteiger partial charge < -0.3 is 15.4 Å². The van der Waals surface area contributed by atoms with Crippen molar-refractivity contribution in [3.8, 4) is 0 Å². The van der Waals surface area contributed by atoms with Crippen LogP contribution in [0.4, 0.5) is 0 Å². The fraction of sp³-hybridized carbons (Fsp3) is 0.938. The van der Waals surface area contributed by atoms with Crippen molar-refractivity contribution in [3.63, 3.8) is 0 Å². The van der Waals surface area contributed by atoms with Gasteiger partial charge in [0, 0.05) is 26.1 Å². The topological polar surface area (TPSA) is 55.6 Å². The molecule has 2 N–H and O–H groups in total. The third-order valence-corrected chi connectivity index (χ3v) is 5.59. The Morgan fingerprint density at radius 2 is 1.95 bits per heavy atom. The lowest BCUT2D eigenvalue weighted by atomic mass is 9.86. The van der Waals surface area contributed by atoms with E-state index in [1.54, 1.807) is 0 Å². The number of nitrogens with zero attached hydrogens (tertiary/aromatic N) is 1. The molecule has 3 unspecified atom stereocenters. The Balaban J connectivity index is 1.40. The van der Waals surface area contributed by atoms with Crippen molar-refractivity contribution in [2.24, 2.45) is 23.5 Å². The SMILES string of the molecule is NCCOC1CCN(C(=O)CC2CC3CCC2C3)CC1. The van der Waals surface area contributed by atoms with Crippen molar-refractivity contribution in [1.82, 2.24) is 4.90 Å². The number of nitrogens with two attached hydrogens (primary N) is 1. The van der Waals surface area contributed by atoms with Crippen LogP contribution in [0.25, 0.3) is 0 Å². The summed E-state index contributed by atoms with van der Waals surface area (Å²) in [7, 11) is 0. The van der Waals surface area contributed by atoms with Crippen LogP contribution in [-0.2, 0) is 9.53 Å². The number of hydrogen-bond acceptors (Lipinski definition) is 3. The van der Waals surface area contributed by atoms with Gasteiger partial charge in [-0.2, -0.15) is 0 Å². The average molecular weight is 280 g/mol.